The Hall–Kier alpha value is -0.0800. The van der Waals surface area contributed by atoms with Crippen LogP contribution < -0.4 is 5.32 Å². The number of hydrogen-bond acceptors (Lipinski definition) is 2. The third kappa shape index (κ3) is 4.84. The van der Waals surface area contributed by atoms with Gasteiger partial charge in [-0.3, -0.25) is 0 Å². The number of rotatable bonds is 5. The van der Waals surface area contributed by atoms with Crippen LogP contribution in [0.4, 0.5) is 0 Å². The standard InChI is InChI=1S/C14H29NO/c1-13(2,3)9-10-15-11-14(12-16)7-5-4-6-8-14/h15-16H,4-12H2,1-3H3. The molecule has 16 heavy (non-hydrogen) atoms. The van der Waals surface area contributed by atoms with E-state index in [2.05, 4.69) is 26.1 Å². The van der Waals surface area contributed by atoms with Gasteiger partial charge in [0.25, 0.3) is 0 Å². The molecular weight excluding hydrogens is 198 g/mol. The fourth-order valence-electron chi connectivity index (χ4n) is 2.51. The molecular formula is C14H29NO. The summed E-state index contributed by atoms with van der Waals surface area (Å²) < 4.78 is 0. The highest BCUT2D eigenvalue weighted by Crippen LogP contribution is 2.35. The molecule has 0 unspecified atom stereocenters. The molecule has 1 rings (SSSR count). The summed E-state index contributed by atoms with van der Waals surface area (Å²) in [6.07, 6.45) is 7.54. The van der Waals surface area contributed by atoms with Crippen LogP contribution in [0, 0.1) is 10.8 Å². The molecule has 1 aliphatic rings. The summed E-state index contributed by atoms with van der Waals surface area (Å²) >= 11 is 0. The van der Waals surface area contributed by atoms with Crippen molar-refractivity contribution < 1.29 is 5.11 Å². The fraction of sp³-hybridized carbons (Fsp3) is 1.00. The van der Waals surface area contributed by atoms with Gasteiger partial charge >= 0.3 is 0 Å². The summed E-state index contributed by atoms with van der Waals surface area (Å²) in [4.78, 5) is 0. The predicted molar refractivity (Wildman–Crippen MR) is 69.5 cm³/mol. The highest BCUT2D eigenvalue weighted by molar-refractivity contribution is 4.84. The minimum absolute atomic E-state index is 0.191. The van der Waals surface area contributed by atoms with Crippen molar-refractivity contribution in [2.75, 3.05) is 19.7 Å². The Labute approximate surface area is 101 Å². The Morgan fingerprint density at radius 1 is 1.12 bits per heavy atom. The van der Waals surface area contributed by atoms with Gasteiger partial charge in [0.2, 0.25) is 0 Å². The van der Waals surface area contributed by atoms with Gasteiger partial charge in [-0.2, -0.15) is 0 Å². The molecule has 1 saturated carbocycles. The second-order valence-corrected chi connectivity index (χ2v) is 6.71. The van der Waals surface area contributed by atoms with E-state index in [1.807, 2.05) is 0 Å². The summed E-state index contributed by atoms with van der Waals surface area (Å²) in [6.45, 7) is 9.26. The Morgan fingerprint density at radius 3 is 2.25 bits per heavy atom. The quantitative estimate of drug-likeness (QED) is 0.708. The van der Waals surface area contributed by atoms with E-state index in [4.69, 9.17) is 0 Å². The number of hydrogen-bond donors (Lipinski definition) is 2. The smallest absolute Gasteiger partial charge is 0.0499 e. The molecule has 2 heteroatoms. The van der Waals surface area contributed by atoms with Crippen LogP contribution >= 0.6 is 0 Å². The number of aliphatic hydroxyl groups excluding tert-OH is 1. The van der Waals surface area contributed by atoms with Crippen molar-refractivity contribution in [2.24, 2.45) is 10.8 Å². The highest BCUT2D eigenvalue weighted by atomic mass is 16.3. The average molecular weight is 227 g/mol. The third-order valence-electron chi connectivity index (χ3n) is 3.80. The molecule has 0 aromatic carbocycles. The highest BCUT2D eigenvalue weighted by Gasteiger charge is 2.30. The monoisotopic (exact) mass is 227 g/mol. The van der Waals surface area contributed by atoms with Crippen molar-refractivity contribution >= 4 is 0 Å². The van der Waals surface area contributed by atoms with Gasteiger partial charge < -0.3 is 10.4 Å². The zero-order valence-electron chi connectivity index (χ0n) is 11.3. The minimum Gasteiger partial charge on any atom is -0.396 e. The first kappa shape index (κ1) is 14.0. The van der Waals surface area contributed by atoms with Crippen molar-refractivity contribution in [3.63, 3.8) is 0 Å². The summed E-state index contributed by atoms with van der Waals surface area (Å²) in [5, 5.41) is 13.1. The third-order valence-corrected chi connectivity index (χ3v) is 3.80. The van der Waals surface area contributed by atoms with Crippen LogP contribution in [0.1, 0.15) is 59.3 Å². The molecule has 0 spiro atoms. The normalized spacial score (nSPS) is 21.0. The van der Waals surface area contributed by atoms with Crippen LogP contribution in [0.15, 0.2) is 0 Å². The summed E-state index contributed by atoms with van der Waals surface area (Å²) in [5.74, 6) is 0. The van der Waals surface area contributed by atoms with Gasteiger partial charge in [0, 0.05) is 18.6 Å². The molecule has 0 aliphatic heterocycles. The van der Waals surface area contributed by atoms with Crippen molar-refractivity contribution in [1.82, 2.24) is 5.32 Å². The molecule has 96 valence electrons. The van der Waals surface area contributed by atoms with E-state index in [-0.39, 0.29) is 5.41 Å². The largest absolute Gasteiger partial charge is 0.396 e. The van der Waals surface area contributed by atoms with E-state index in [0.717, 1.165) is 13.1 Å². The first-order chi connectivity index (χ1) is 7.47. The van der Waals surface area contributed by atoms with Crippen molar-refractivity contribution in [1.29, 1.82) is 0 Å². The molecule has 2 nitrogen and oxygen atoms in total. The number of nitrogens with one attached hydrogen (secondary N) is 1. The van der Waals surface area contributed by atoms with Gasteiger partial charge in [-0.15, -0.1) is 0 Å². The summed E-state index contributed by atoms with van der Waals surface area (Å²) in [6, 6.07) is 0. The van der Waals surface area contributed by atoms with Gasteiger partial charge in [0.05, 0.1) is 0 Å². The van der Waals surface area contributed by atoms with E-state index in [1.54, 1.807) is 0 Å². The summed E-state index contributed by atoms with van der Waals surface area (Å²) in [7, 11) is 0. The molecule has 0 atom stereocenters. The Morgan fingerprint density at radius 2 is 1.75 bits per heavy atom. The van der Waals surface area contributed by atoms with Crippen molar-refractivity contribution in [3.05, 3.63) is 0 Å². The van der Waals surface area contributed by atoms with Gasteiger partial charge in [-0.05, 0) is 31.2 Å². The zero-order valence-corrected chi connectivity index (χ0v) is 11.3. The Bertz CT molecular complexity index is 189. The van der Waals surface area contributed by atoms with Crippen LogP contribution in [0.5, 0.6) is 0 Å². The second-order valence-electron chi connectivity index (χ2n) is 6.71. The van der Waals surface area contributed by atoms with Crippen LogP contribution in [0.2, 0.25) is 0 Å². The van der Waals surface area contributed by atoms with E-state index in [1.165, 1.54) is 38.5 Å². The lowest BCUT2D eigenvalue weighted by Gasteiger charge is -2.36. The number of aliphatic hydroxyl groups is 1. The SMILES string of the molecule is CC(C)(C)CCNCC1(CO)CCCCC1. The van der Waals surface area contributed by atoms with Crippen LogP contribution in [0.25, 0.3) is 0 Å². The predicted octanol–water partition coefficient (Wildman–Crippen LogP) is 2.96. The molecule has 0 heterocycles. The molecule has 2 N–H and O–H groups in total. The molecule has 0 radical (unpaired) electrons. The van der Waals surface area contributed by atoms with Crippen LogP contribution in [-0.2, 0) is 0 Å². The second kappa shape index (κ2) is 6.02. The molecule has 0 bridgehead atoms. The molecule has 1 aliphatic carbocycles. The molecule has 0 amide bonds. The van der Waals surface area contributed by atoms with E-state index in [0.29, 0.717) is 12.0 Å². The molecule has 0 saturated heterocycles. The maximum absolute atomic E-state index is 9.56. The lowest BCUT2D eigenvalue weighted by atomic mass is 9.74. The van der Waals surface area contributed by atoms with Gasteiger partial charge in [-0.25, -0.2) is 0 Å². The van der Waals surface area contributed by atoms with E-state index in [9.17, 15) is 5.11 Å². The first-order valence-corrected chi connectivity index (χ1v) is 6.79. The van der Waals surface area contributed by atoms with E-state index < -0.39 is 0 Å². The van der Waals surface area contributed by atoms with Crippen LogP contribution in [0.3, 0.4) is 0 Å². The lowest BCUT2D eigenvalue weighted by molar-refractivity contribution is 0.0807. The van der Waals surface area contributed by atoms with Crippen molar-refractivity contribution in [2.45, 2.75) is 59.3 Å². The van der Waals surface area contributed by atoms with Crippen molar-refractivity contribution in [3.8, 4) is 0 Å². The molecule has 0 aromatic rings. The van der Waals surface area contributed by atoms with Gasteiger partial charge in [-0.1, -0.05) is 40.0 Å². The average Bonchev–Trinajstić information content (AvgIpc) is 2.25. The van der Waals surface area contributed by atoms with Crippen LogP contribution in [-0.4, -0.2) is 24.8 Å². The van der Waals surface area contributed by atoms with E-state index >= 15 is 0 Å². The lowest BCUT2D eigenvalue weighted by Crippen LogP contribution is -2.39. The fourth-order valence-corrected chi connectivity index (χ4v) is 2.51. The first-order valence-electron chi connectivity index (χ1n) is 6.79. The Kier molecular flexibility index (Phi) is 5.26. The van der Waals surface area contributed by atoms with Gasteiger partial charge in [0.1, 0.15) is 0 Å². The maximum atomic E-state index is 9.56. The van der Waals surface area contributed by atoms with Gasteiger partial charge in [0.15, 0.2) is 0 Å². The molecule has 1 fully saturated rings. The zero-order chi connectivity index (χ0) is 12.1. The minimum atomic E-state index is 0.191. The Balaban J connectivity index is 2.23. The maximum Gasteiger partial charge on any atom is 0.0499 e. The molecule has 0 aromatic heterocycles. The topological polar surface area (TPSA) is 32.3 Å². The summed E-state index contributed by atoms with van der Waals surface area (Å²) in [5.41, 5.74) is 0.599.